The summed E-state index contributed by atoms with van der Waals surface area (Å²) in [6, 6.07) is 0.613. The highest BCUT2D eigenvalue weighted by atomic mass is 16.5. The van der Waals surface area contributed by atoms with Crippen LogP contribution in [0.4, 0.5) is 0 Å². The predicted molar refractivity (Wildman–Crippen MR) is 137 cm³/mol. The first-order chi connectivity index (χ1) is 16.3. The number of allylic oxidation sites excluding steroid dienone is 1. The van der Waals surface area contributed by atoms with Crippen LogP contribution >= 0.6 is 0 Å². The zero-order chi connectivity index (χ0) is 23.7. The second-order valence-electron chi connectivity index (χ2n) is 13.7. The number of nitrogens with one attached hydrogen (secondary N) is 1. The lowest BCUT2D eigenvalue weighted by molar-refractivity contribution is -0.129. The summed E-state index contributed by atoms with van der Waals surface area (Å²) in [5, 5.41) is 3.37. The van der Waals surface area contributed by atoms with Crippen LogP contribution < -0.4 is 5.32 Å². The highest BCUT2D eigenvalue weighted by molar-refractivity contribution is 5.79. The molecule has 0 aromatic heterocycles. The standard InChI is InChI=1S/C30H48N2O2/c1-19-13-28-27(32(18-19)12-11-31-4)17-30(34-28)10-8-23-24-6-5-21-14-22(33)7-9-29(21,3)26(24)15-25(23)20(2)16-30/h19,21,23-24,26-28,31H,5-18H2,1-4H3/t19-,21+,23-,24-,26-,27-,28+,29-,30-/m0/s1. The highest BCUT2D eigenvalue weighted by Crippen LogP contribution is 2.64. The van der Waals surface area contributed by atoms with Gasteiger partial charge in [0, 0.05) is 38.5 Å². The zero-order valence-corrected chi connectivity index (χ0v) is 22.2. The predicted octanol–water partition coefficient (Wildman–Crippen LogP) is 5.37. The molecule has 6 aliphatic rings. The SMILES string of the molecule is CNCCN1C[C@@H](C)C[C@H]2O[C@]3(CC[C@@H]4C(=C(C)C3)C[C@H]3[C@H]4CC[C@@H]4CC(=O)CC[C@@]43C)C[C@@H]21. The monoisotopic (exact) mass is 468 g/mol. The number of carbonyl (C=O) groups excluding carboxylic acids is 1. The maximum Gasteiger partial charge on any atom is 0.133 e. The van der Waals surface area contributed by atoms with Gasteiger partial charge in [0.15, 0.2) is 0 Å². The van der Waals surface area contributed by atoms with Crippen LogP contribution in [-0.2, 0) is 9.53 Å². The normalized spacial score (nSPS) is 48.9. The van der Waals surface area contributed by atoms with Crippen LogP contribution in [0.3, 0.4) is 0 Å². The van der Waals surface area contributed by atoms with Gasteiger partial charge < -0.3 is 10.1 Å². The van der Waals surface area contributed by atoms with E-state index < -0.39 is 0 Å². The molecule has 0 aromatic rings. The van der Waals surface area contributed by atoms with Crippen LogP contribution in [0, 0.1) is 35.0 Å². The lowest BCUT2D eigenvalue weighted by atomic mass is 9.52. The van der Waals surface area contributed by atoms with E-state index in [1.165, 1.54) is 51.5 Å². The average molecular weight is 469 g/mol. The highest BCUT2D eigenvalue weighted by Gasteiger charge is 2.58. The Morgan fingerprint density at radius 2 is 2.03 bits per heavy atom. The van der Waals surface area contributed by atoms with E-state index >= 15 is 0 Å². The third-order valence-electron chi connectivity index (χ3n) is 11.7. The van der Waals surface area contributed by atoms with E-state index in [-0.39, 0.29) is 5.60 Å². The van der Waals surface area contributed by atoms with Gasteiger partial charge in [-0.3, -0.25) is 9.69 Å². The molecule has 0 amide bonds. The van der Waals surface area contributed by atoms with E-state index in [0.29, 0.717) is 29.3 Å². The number of hydrogen-bond donors (Lipinski definition) is 1. The summed E-state index contributed by atoms with van der Waals surface area (Å²) in [7, 11) is 2.07. The molecule has 1 N–H and O–H groups in total. The smallest absolute Gasteiger partial charge is 0.133 e. The fourth-order valence-corrected chi connectivity index (χ4v) is 10.0. The van der Waals surface area contributed by atoms with Crippen LogP contribution in [-0.4, -0.2) is 55.1 Å². The van der Waals surface area contributed by atoms with Gasteiger partial charge in [0.05, 0.1) is 11.7 Å². The minimum absolute atomic E-state index is 0.0760. The second-order valence-corrected chi connectivity index (χ2v) is 13.7. The van der Waals surface area contributed by atoms with Crippen molar-refractivity contribution < 1.29 is 9.53 Å². The molecule has 0 radical (unpaired) electrons. The van der Waals surface area contributed by atoms with Crippen LogP contribution in [0.5, 0.6) is 0 Å². The number of carbonyl (C=O) groups is 1. The summed E-state index contributed by atoms with van der Waals surface area (Å²) < 4.78 is 7.11. The van der Waals surface area contributed by atoms with Crippen molar-refractivity contribution in [2.45, 2.75) is 109 Å². The van der Waals surface area contributed by atoms with Gasteiger partial charge in [0.2, 0.25) is 0 Å². The molecular weight excluding hydrogens is 420 g/mol. The van der Waals surface area contributed by atoms with Crippen molar-refractivity contribution in [3.63, 3.8) is 0 Å². The number of ether oxygens (including phenoxy) is 1. The molecule has 5 fully saturated rings. The Balaban J connectivity index is 1.23. The van der Waals surface area contributed by atoms with Crippen LogP contribution in [0.2, 0.25) is 0 Å². The minimum atomic E-state index is 0.0760. The van der Waals surface area contributed by atoms with Gasteiger partial charge in [-0.05, 0) is 107 Å². The lowest BCUT2D eigenvalue weighted by Crippen LogP contribution is -2.50. The minimum Gasteiger partial charge on any atom is -0.370 e. The Morgan fingerprint density at radius 1 is 1.18 bits per heavy atom. The number of ketones is 1. The van der Waals surface area contributed by atoms with Crippen molar-refractivity contribution in [1.29, 1.82) is 0 Å². The molecule has 4 aliphatic carbocycles. The molecule has 9 atom stereocenters. The molecule has 0 aromatic carbocycles. The number of hydrogen-bond acceptors (Lipinski definition) is 4. The van der Waals surface area contributed by atoms with Gasteiger partial charge >= 0.3 is 0 Å². The van der Waals surface area contributed by atoms with Crippen molar-refractivity contribution in [3.8, 4) is 0 Å². The molecule has 2 aliphatic heterocycles. The molecule has 0 bridgehead atoms. The van der Waals surface area contributed by atoms with Gasteiger partial charge in [0.1, 0.15) is 5.78 Å². The fourth-order valence-electron chi connectivity index (χ4n) is 10.0. The molecule has 6 rings (SSSR count). The Kier molecular flexibility index (Phi) is 6.06. The van der Waals surface area contributed by atoms with E-state index in [1.54, 1.807) is 5.57 Å². The number of piperidine rings is 1. The van der Waals surface area contributed by atoms with Gasteiger partial charge in [-0.25, -0.2) is 0 Å². The van der Waals surface area contributed by atoms with E-state index in [4.69, 9.17) is 4.74 Å². The third-order valence-corrected chi connectivity index (χ3v) is 11.7. The molecule has 190 valence electrons. The number of likely N-dealkylation sites (tertiary alicyclic amines) is 1. The van der Waals surface area contributed by atoms with Crippen molar-refractivity contribution in [2.24, 2.45) is 35.0 Å². The Hall–Kier alpha value is -0.710. The van der Waals surface area contributed by atoms with E-state index in [2.05, 4.69) is 38.0 Å². The summed E-state index contributed by atoms with van der Waals surface area (Å²) in [4.78, 5) is 15.0. The molecule has 1 spiro atoms. The summed E-state index contributed by atoms with van der Waals surface area (Å²) in [6.45, 7) is 10.9. The van der Waals surface area contributed by atoms with Crippen molar-refractivity contribution in [2.75, 3.05) is 26.7 Å². The van der Waals surface area contributed by atoms with E-state index in [1.807, 2.05) is 5.57 Å². The maximum absolute atomic E-state index is 12.2. The fraction of sp³-hybridized carbons (Fsp3) is 0.900. The first-order valence-corrected chi connectivity index (χ1v) is 14.6. The summed E-state index contributed by atoms with van der Waals surface area (Å²) in [5.41, 5.74) is 3.98. The molecule has 4 heteroatoms. The molecule has 2 heterocycles. The lowest BCUT2D eigenvalue weighted by Gasteiger charge is -2.52. The quantitative estimate of drug-likeness (QED) is 0.566. The summed E-state index contributed by atoms with van der Waals surface area (Å²) in [6.07, 6.45) is 13.5. The average Bonchev–Trinajstić information content (AvgIpc) is 3.32. The van der Waals surface area contributed by atoms with E-state index in [9.17, 15) is 4.79 Å². The molecular formula is C30H48N2O2. The van der Waals surface area contributed by atoms with Crippen LogP contribution in [0.15, 0.2) is 11.1 Å². The molecule has 34 heavy (non-hydrogen) atoms. The number of Topliss-reactive ketones (excluding diaryl/α,β-unsaturated/α-hetero) is 1. The van der Waals surface area contributed by atoms with Crippen molar-refractivity contribution in [3.05, 3.63) is 11.1 Å². The number of rotatable bonds is 3. The maximum atomic E-state index is 12.2. The van der Waals surface area contributed by atoms with Crippen LogP contribution in [0.1, 0.15) is 91.4 Å². The number of nitrogens with zero attached hydrogens (tertiary/aromatic N) is 1. The van der Waals surface area contributed by atoms with Gasteiger partial charge in [-0.15, -0.1) is 0 Å². The van der Waals surface area contributed by atoms with Crippen molar-refractivity contribution >= 4 is 5.78 Å². The van der Waals surface area contributed by atoms with Gasteiger partial charge in [0.25, 0.3) is 0 Å². The topological polar surface area (TPSA) is 41.6 Å². The van der Waals surface area contributed by atoms with E-state index in [0.717, 1.165) is 62.4 Å². The Labute approximate surface area is 207 Å². The Bertz CT molecular complexity index is 853. The first-order valence-electron chi connectivity index (χ1n) is 14.6. The molecule has 2 saturated heterocycles. The number of fused-ring (bicyclic) bond motifs is 6. The summed E-state index contributed by atoms with van der Waals surface area (Å²) in [5.74, 6) is 4.36. The largest absolute Gasteiger partial charge is 0.370 e. The molecule has 3 saturated carbocycles. The third kappa shape index (κ3) is 3.77. The summed E-state index contributed by atoms with van der Waals surface area (Å²) >= 11 is 0. The molecule has 0 unspecified atom stereocenters. The van der Waals surface area contributed by atoms with Gasteiger partial charge in [-0.2, -0.15) is 0 Å². The number of likely N-dealkylation sites (N-methyl/N-ethyl adjacent to an activating group) is 1. The second kappa shape index (κ2) is 8.70. The van der Waals surface area contributed by atoms with Crippen molar-refractivity contribution in [1.82, 2.24) is 10.2 Å². The van der Waals surface area contributed by atoms with Gasteiger partial charge in [-0.1, -0.05) is 25.0 Å². The Morgan fingerprint density at radius 3 is 2.85 bits per heavy atom. The first kappa shape index (κ1) is 23.7. The van der Waals surface area contributed by atoms with Crippen LogP contribution in [0.25, 0.3) is 0 Å². The molecule has 4 nitrogen and oxygen atoms in total. The zero-order valence-electron chi connectivity index (χ0n) is 22.2.